The predicted molar refractivity (Wildman–Crippen MR) is 121 cm³/mol. The van der Waals surface area contributed by atoms with Gasteiger partial charge >= 0.3 is 22.4 Å². The Labute approximate surface area is 213 Å². The number of hydrogen-bond acceptors (Lipinski definition) is 8. The minimum Gasteiger partial charge on any atom is -0.475 e. The number of carbonyl (C=O) groups is 1. The molecule has 3 rings (SSSR count). The Morgan fingerprint density at radius 1 is 1.18 bits per heavy atom. The van der Waals surface area contributed by atoms with Gasteiger partial charge in [0.05, 0.1) is 5.57 Å². The molecule has 38 heavy (non-hydrogen) atoms. The quantitative estimate of drug-likeness (QED) is 0.149. The lowest BCUT2D eigenvalue weighted by atomic mass is 9.98. The van der Waals surface area contributed by atoms with Crippen molar-refractivity contribution >= 4 is 22.3 Å². The number of aryl methyl sites for hydroxylation is 1. The summed E-state index contributed by atoms with van der Waals surface area (Å²) in [4.78, 5) is 13.8. The zero-order valence-corrected chi connectivity index (χ0v) is 21.5. The van der Waals surface area contributed by atoms with Gasteiger partial charge in [-0.1, -0.05) is 26.4 Å². The molecule has 2 aliphatic heterocycles. The SMILES string of the molecule is C1CCNC1.CCc1cc(S(F)(F)(F)(F)F)cc2c1OC(C(F)(F)F)C(C(=O)OC(C)ON)=C2.CO.[NH3+]O. The van der Waals surface area contributed by atoms with Gasteiger partial charge in [0.1, 0.15) is 10.6 Å². The maximum Gasteiger partial charge on any atom is 0.430 e. The van der Waals surface area contributed by atoms with Gasteiger partial charge < -0.3 is 19.9 Å². The summed E-state index contributed by atoms with van der Waals surface area (Å²) in [5.74, 6) is 4.62. The molecule has 0 aromatic heterocycles. The van der Waals surface area contributed by atoms with E-state index in [-0.39, 0.29) is 18.6 Å². The Hall–Kier alpha value is -2.22. The highest BCUT2D eigenvalue weighted by Gasteiger charge is 2.66. The standard InChI is InChI=1S/C15H15F8NO4S.C4H9N.CH4O.H4NO/c1-3-8-4-10(29(19,20,21,22)23)5-9-6-11(14(25)26-7(2)28-24)13(15(16,17)18)27-12(8)9;1-2-4-5-3-1;2*1-2/h4-7,13H,3,24H2,1-2H3;5H,1-4H2;2*2H,1H3/q;;;+1. The number of benzene rings is 1. The van der Waals surface area contributed by atoms with E-state index in [2.05, 4.69) is 20.8 Å². The molecule has 0 spiro atoms. The largest absolute Gasteiger partial charge is 0.475 e. The van der Waals surface area contributed by atoms with Gasteiger partial charge in [-0.15, -0.1) is 0 Å². The summed E-state index contributed by atoms with van der Waals surface area (Å²) >= 11 is 0. The van der Waals surface area contributed by atoms with Gasteiger partial charge in [-0.2, -0.15) is 13.2 Å². The number of aliphatic hydroxyl groups is 1. The number of halogens is 8. The molecule has 0 saturated carbocycles. The number of nitrogens with two attached hydrogens (primary N) is 1. The lowest BCUT2D eigenvalue weighted by molar-refractivity contribution is -0.670. The fourth-order valence-electron chi connectivity index (χ4n) is 3.12. The van der Waals surface area contributed by atoms with E-state index >= 15 is 0 Å². The van der Waals surface area contributed by atoms with Crippen molar-refractivity contribution in [2.24, 2.45) is 5.90 Å². The predicted octanol–water partition coefficient (Wildman–Crippen LogP) is 3.99. The first-order valence-electron chi connectivity index (χ1n) is 10.8. The van der Waals surface area contributed by atoms with E-state index in [0.717, 1.165) is 14.0 Å². The van der Waals surface area contributed by atoms with E-state index in [1.54, 1.807) is 0 Å². The van der Waals surface area contributed by atoms with Gasteiger partial charge in [-0.05, 0) is 63.0 Å². The van der Waals surface area contributed by atoms with Crippen LogP contribution in [-0.4, -0.2) is 55.1 Å². The molecule has 1 aromatic carbocycles. The Balaban J connectivity index is 0.00000131. The highest BCUT2D eigenvalue weighted by atomic mass is 32.5. The summed E-state index contributed by atoms with van der Waals surface area (Å²) in [6, 6.07) is -0.0336. The Morgan fingerprint density at radius 3 is 2.08 bits per heavy atom. The first-order valence-corrected chi connectivity index (χ1v) is 12.7. The van der Waals surface area contributed by atoms with Crippen LogP contribution >= 0.6 is 10.2 Å². The zero-order chi connectivity index (χ0) is 30.0. The van der Waals surface area contributed by atoms with E-state index in [0.29, 0.717) is 6.08 Å². The first kappa shape index (κ1) is 35.8. The van der Waals surface area contributed by atoms with Crippen molar-refractivity contribution in [1.82, 2.24) is 5.32 Å². The molecule has 0 bridgehead atoms. The molecule has 0 radical (unpaired) electrons. The van der Waals surface area contributed by atoms with Crippen molar-refractivity contribution in [3.8, 4) is 5.75 Å². The summed E-state index contributed by atoms with van der Waals surface area (Å²) < 4.78 is 115. The number of quaternary nitrogens is 1. The van der Waals surface area contributed by atoms with Gasteiger partial charge in [0, 0.05) is 12.7 Å². The number of alkyl halides is 3. The van der Waals surface area contributed by atoms with Crippen LogP contribution in [0.5, 0.6) is 5.75 Å². The number of ether oxygens (including phenoxy) is 2. The number of hydrogen-bond donors (Lipinski definition) is 5. The molecule has 2 aliphatic rings. The van der Waals surface area contributed by atoms with Crippen molar-refractivity contribution in [3.63, 3.8) is 0 Å². The molecule has 2 heterocycles. The van der Waals surface area contributed by atoms with Gasteiger partial charge in [-0.25, -0.2) is 21.8 Å². The van der Waals surface area contributed by atoms with Crippen LogP contribution in [0.3, 0.4) is 0 Å². The van der Waals surface area contributed by atoms with Crippen LogP contribution in [0.4, 0.5) is 32.6 Å². The fourth-order valence-corrected chi connectivity index (χ4v) is 3.84. The zero-order valence-electron chi connectivity index (χ0n) is 20.7. The van der Waals surface area contributed by atoms with Crippen LogP contribution in [0.2, 0.25) is 0 Å². The molecule has 1 fully saturated rings. The Bertz CT molecular complexity index is 950. The number of aliphatic hydroxyl groups excluding tert-OH is 1. The van der Waals surface area contributed by atoms with Crippen molar-refractivity contribution in [2.45, 2.75) is 56.6 Å². The second-order valence-electron chi connectivity index (χ2n) is 7.53. The molecular formula is C20H32F8N3O6S+. The van der Waals surface area contributed by atoms with Crippen LogP contribution in [0, 0.1) is 0 Å². The summed E-state index contributed by atoms with van der Waals surface area (Å²) in [7, 11) is -9.16. The summed E-state index contributed by atoms with van der Waals surface area (Å²) in [5, 5.41) is 17.0. The third-order valence-corrected chi connectivity index (χ3v) is 5.90. The molecular weight excluding hydrogens is 562 g/mol. The smallest absolute Gasteiger partial charge is 0.430 e. The highest BCUT2D eigenvalue weighted by molar-refractivity contribution is 8.45. The van der Waals surface area contributed by atoms with E-state index in [4.69, 9.17) is 20.9 Å². The summed E-state index contributed by atoms with van der Waals surface area (Å²) in [6.45, 7) is 4.80. The second-order valence-corrected chi connectivity index (χ2v) is 9.94. The minimum absolute atomic E-state index is 0.0370. The third kappa shape index (κ3) is 10.5. The number of nitrogens with one attached hydrogen (secondary N) is 1. The Kier molecular flexibility index (Phi) is 12.5. The summed E-state index contributed by atoms with van der Waals surface area (Å²) in [6.07, 6.45) is -6.77. The summed E-state index contributed by atoms with van der Waals surface area (Å²) in [5.41, 5.74) is -2.57. The molecule has 1 aromatic rings. The third-order valence-electron chi connectivity index (χ3n) is 4.78. The molecule has 9 nitrogen and oxygen atoms in total. The molecule has 0 amide bonds. The highest BCUT2D eigenvalue weighted by Crippen LogP contribution is 3.02. The number of fused-ring (bicyclic) bond motifs is 1. The van der Waals surface area contributed by atoms with Gasteiger partial charge in [0.25, 0.3) is 0 Å². The van der Waals surface area contributed by atoms with Gasteiger partial charge in [0.2, 0.25) is 12.4 Å². The first-order chi connectivity index (χ1) is 17.4. The van der Waals surface area contributed by atoms with E-state index in [9.17, 15) is 37.4 Å². The van der Waals surface area contributed by atoms with Crippen molar-refractivity contribution in [3.05, 3.63) is 28.8 Å². The van der Waals surface area contributed by atoms with Crippen molar-refractivity contribution in [1.29, 1.82) is 0 Å². The Morgan fingerprint density at radius 2 is 1.71 bits per heavy atom. The molecule has 2 atom stereocenters. The van der Waals surface area contributed by atoms with Crippen molar-refractivity contribution in [2.75, 3.05) is 20.2 Å². The lowest BCUT2D eigenvalue weighted by Crippen LogP contribution is -2.42. The lowest BCUT2D eigenvalue weighted by Gasteiger charge is -2.41. The normalized spacial score (nSPS) is 19.1. The van der Waals surface area contributed by atoms with Gasteiger partial charge in [0.15, 0.2) is 0 Å². The maximum atomic E-state index is 13.4. The monoisotopic (exact) mass is 594 g/mol. The molecule has 8 N–H and O–H groups in total. The van der Waals surface area contributed by atoms with E-state index in [1.165, 1.54) is 32.9 Å². The molecule has 0 aliphatic carbocycles. The average Bonchev–Trinajstić information content (AvgIpc) is 3.43. The molecule has 2 unspecified atom stereocenters. The molecule has 1 saturated heterocycles. The molecule has 18 heteroatoms. The minimum atomic E-state index is -10.2. The van der Waals surface area contributed by atoms with Crippen LogP contribution in [0.25, 0.3) is 6.08 Å². The van der Waals surface area contributed by atoms with Crippen LogP contribution < -0.4 is 21.8 Å². The van der Waals surface area contributed by atoms with Crippen LogP contribution in [0.15, 0.2) is 22.6 Å². The van der Waals surface area contributed by atoms with Crippen molar-refractivity contribution < 1.29 is 67.9 Å². The van der Waals surface area contributed by atoms with Gasteiger partial charge in [-0.3, -0.25) is 4.84 Å². The second kappa shape index (κ2) is 13.2. The van der Waals surface area contributed by atoms with Crippen LogP contribution in [-0.2, 0) is 20.8 Å². The number of esters is 1. The molecule has 224 valence electrons. The fraction of sp³-hybridized carbons (Fsp3) is 0.550. The van der Waals surface area contributed by atoms with Crippen LogP contribution in [0.1, 0.15) is 37.8 Å². The van der Waals surface area contributed by atoms with E-state index < -0.39 is 62.1 Å². The van der Waals surface area contributed by atoms with E-state index in [1.807, 2.05) is 0 Å². The topological polar surface area (TPSA) is 151 Å². The number of carbonyl (C=O) groups excluding carboxylic acids is 1. The average molecular weight is 595 g/mol. The maximum absolute atomic E-state index is 13.4. The number of rotatable bonds is 5.